The highest BCUT2D eigenvalue weighted by molar-refractivity contribution is 7.14. The maximum absolute atomic E-state index is 12.7. The van der Waals surface area contributed by atoms with E-state index in [1.54, 1.807) is 24.8 Å². The molecule has 4 rings (SSSR count). The van der Waals surface area contributed by atoms with E-state index in [0.29, 0.717) is 41.8 Å². The van der Waals surface area contributed by atoms with E-state index in [4.69, 9.17) is 22.1 Å². The minimum atomic E-state index is 0.0842. The van der Waals surface area contributed by atoms with Crippen LogP contribution in [0.1, 0.15) is 26.5 Å². The Kier molecular flexibility index (Phi) is 6.42. The number of carbonyl (C=O) groups excluding carboxylic acids is 1. The molecule has 0 spiro atoms. The summed E-state index contributed by atoms with van der Waals surface area (Å²) in [5, 5.41) is 2.54. The maximum atomic E-state index is 12.7. The highest BCUT2D eigenvalue weighted by Gasteiger charge is 2.14. The Hall–Kier alpha value is -2.74. The summed E-state index contributed by atoms with van der Waals surface area (Å²) >= 11 is 7.71. The Morgan fingerprint density at radius 1 is 1.23 bits per heavy atom. The molecule has 8 heteroatoms. The number of thiophene rings is 1. The topological polar surface area (TPSA) is 83.0 Å². The lowest BCUT2D eigenvalue weighted by atomic mass is 10.0. The number of nitrogens with zero attached hydrogens (tertiary/aromatic N) is 3. The Morgan fingerprint density at radius 2 is 2.13 bits per heavy atom. The van der Waals surface area contributed by atoms with E-state index in [1.807, 2.05) is 29.0 Å². The number of carbonyl (C=O) groups is 1. The first-order valence-corrected chi connectivity index (χ1v) is 10.8. The third-order valence-electron chi connectivity index (χ3n) is 4.82. The van der Waals surface area contributed by atoms with Crippen molar-refractivity contribution in [1.29, 1.82) is 0 Å². The van der Waals surface area contributed by atoms with Gasteiger partial charge < -0.3 is 15.0 Å². The fraction of sp³-hybridized carbons (Fsp3) is 0.227. The van der Waals surface area contributed by atoms with Crippen molar-refractivity contribution in [2.45, 2.75) is 26.0 Å². The van der Waals surface area contributed by atoms with Crippen LogP contribution in [0.2, 0.25) is 5.02 Å². The second kappa shape index (κ2) is 9.38. The fourth-order valence-corrected chi connectivity index (χ4v) is 4.48. The van der Waals surface area contributed by atoms with Crippen molar-refractivity contribution in [2.75, 3.05) is 12.3 Å². The monoisotopic (exact) mass is 440 g/mol. The molecule has 0 radical (unpaired) electrons. The molecule has 0 amide bonds. The summed E-state index contributed by atoms with van der Waals surface area (Å²) in [5.41, 5.74) is 6.99. The number of Topliss-reactive ketones (excluding diaryl/α,β-unsaturated/α-hetero) is 1. The normalized spacial score (nSPS) is 11.2. The second-order valence-electron chi connectivity index (χ2n) is 6.91. The smallest absolute Gasteiger partial charge is 0.173 e. The number of pyridine rings is 1. The van der Waals surface area contributed by atoms with E-state index in [-0.39, 0.29) is 5.78 Å². The molecule has 0 unspecified atom stereocenters. The molecule has 0 saturated carbocycles. The van der Waals surface area contributed by atoms with Gasteiger partial charge in [-0.25, -0.2) is 9.97 Å². The SMILES string of the molecule is Nc1nccc2cc(CCC(=O)c3cc(Cl)c(COCCn4ccnc4)s3)ccc12. The average molecular weight is 441 g/mol. The molecule has 6 nitrogen and oxygen atoms in total. The molecule has 0 aliphatic carbocycles. The van der Waals surface area contributed by atoms with Gasteiger partial charge in [0.15, 0.2) is 5.78 Å². The van der Waals surface area contributed by atoms with Crippen molar-refractivity contribution in [3.63, 3.8) is 0 Å². The van der Waals surface area contributed by atoms with Gasteiger partial charge in [0.2, 0.25) is 0 Å². The predicted molar refractivity (Wildman–Crippen MR) is 120 cm³/mol. The number of nitrogen functional groups attached to an aromatic ring is 1. The van der Waals surface area contributed by atoms with E-state index in [0.717, 1.165) is 27.8 Å². The number of hydrogen-bond acceptors (Lipinski definition) is 6. The molecule has 0 saturated heterocycles. The van der Waals surface area contributed by atoms with Gasteiger partial charge >= 0.3 is 0 Å². The van der Waals surface area contributed by atoms with Crippen LogP contribution in [0.25, 0.3) is 10.8 Å². The minimum absolute atomic E-state index is 0.0842. The third kappa shape index (κ3) is 4.87. The van der Waals surface area contributed by atoms with E-state index in [9.17, 15) is 4.79 Å². The standard InChI is InChI=1S/C22H21ClN4O2S/c23-18-12-20(30-21(18)13-29-10-9-27-8-7-25-14-27)19(28)4-2-15-1-3-17-16(11-15)5-6-26-22(17)24/h1,3,5-8,11-12,14H,2,4,9-10,13H2,(H2,24,26). The van der Waals surface area contributed by atoms with Crippen LogP contribution < -0.4 is 5.73 Å². The largest absolute Gasteiger partial charge is 0.383 e. The number of rotatable bonds is 9. The zero-order valence-corrected chi connectivity index (χ0v) is 17.8. The number of halogens is 1. The summed E-state index contributed by atoms with van der Waals surface area (Å²) in [5.74, 6) is 0.601. The molecule has 2 N–H and O–H groups in total. The van der Waals surface area contributed by atoms with Gasteiger partial charge in [-0.1, -0.05) is 29.8 Å². The van der Waals surface area contributed by atoms with Gasteiger partial charge in [0.25, 0.3) is 0 Å². The highest BCUT2D eigenvalue weighted by Crippen LogP contribution is 2.29. The zero-order chi connectivity index (χ0) is 20.9. The van der Waals surface area contributed by atoms with Crippen LogP contribution in [0.5, 0.6) is 0 Å². The molecule has 154 valence electrons. The second-order valence-corrected chi connectivity index (χ2v) is 8.45. The third-order valence-corrected chi connectivity index (χ3v) is 6.42. The quantitative estimate of drug-likeness (QED) is 0.299. The van der Waals surface area contributed by atoms with Crippen molar-refractivity contribution in [2.24, 2.45) is 0 Å². The molecule has 3 heterocycles. The summed E-state index contributed by atoms with van der Waals surface area (Å²) in [7, 11) is 0. The zero-order valence-electron chi connectivity index (χ0n) is 16.3. The number of benzene rings is 1. The van der Waals surface area contributed by atoms with E-state index in [1.165, 1.54) is 11.3 Å². The van der Waals surface area contributed by atoms with Crippen molar-refractivity contribution < 1.29 is 9.53 Å². The number of imidazole rings is 1. The van der Waals surface area contributed by atoms with Gasteiger partial charge in [-0.3, -0.25) is 4.79 Å². The van der Waals surface area contributed by atoms with Crippen LogP contribution in [-0.4, -0.2) is 26.9 Å². The molecule has 0 fully saturated rings. The Balaban J connectivity index is 1.32. The van der Waals surface area contributed by atoms with E-state index < -0.39 is 0 Å². The first-order chi connectivity index (χ1) is 14.6. The maximum Gasteiger partial charge on any atom is 0.173 e. The van der Waals surface area contributed by atoms with Crippen LogP contribution in [0.3, 0.4) is 0 Å². The van der Waals surface area contributed by atoms with Gasteiger partial charge in [0.1, 0.15) is 5.82 Å². The summed E-state index contributed by atoms with van der Waals surface area (Å²) in [4.78, 5) is 22.3. The lowest BCUT2D eigenvalue weighted by Gasteiger charge is -2.05. The molecular formula is C22H21ClN4O2S. The highest BCUT2D eigenvalue weighted by atomic mass is 35.5. The van der Waals surface area contributed by atoms with E-state index in [2.05, 4.69) is 16.0 Å². The van der Waals surface area contributed by atoms with Crippen LogP contribution >= 0.6 is 22.9 Å². The Bertz CT molecular complexity index is 1160. The minimum Gasteiger partial charge on any atom is -0.383 e. The average Bonchev–Trinajstić information content (AvgIpc) is 3.39. The van der Waals surface area contributed by atoms with Gasteiger partial charge in [0, 0.05) is 41.8 Å². The lowest BCUT2D eigenvalue weighted by Crippen LogP contribution is -2.03. The predicted octanol–water partition coefficient (Wildman–Crippen LogP) is 4.76. The molecule has 30 heavy (non-hydrogen) atoms. The molecule has 0 aliphatic heterocycles. The van der Waals surface area contributed by atoms with Gasteiger partial charge in [0.05, 0.1) is 29.4 Å². The number of aromatic nitrogens is 3. The van der Waals surface area contributed by atoms with Crippen LogP contribution in [0.15, 0.2) is 55.2 Å². The molecule has 4 aromatic rings. The summed E-state index contributed by atoms with van der Waals surface area (Å²) < 4.78 is 7.64. The molecule has 3 aromatic heterocycles. The number of ether oxygens (including phenoxy) is 1. The molecule has 0 atom stereocenters. The van der Waals surface area contributed by atoms with E-state index >= 15 is 0 Å². The number of nitrogens with two attached hydrogens (primary N) is 1. The van der Waals surface area contributed by atoms with Crippen molar-refractivity contribution in [3.8, 4) is 0 Å². The number of ketones is 1. The molecule has 0 aliphatic rings. The lowest BCUT2D eigenvalue weighted by molar-refractivity contribution is 0.0986. The van der Waals surface area contributed by atoms with Crippen molar-refractivity contribution in [1.82, 2.24) is 14.5 Å². The van der Waals surface area contributed by atoms with Gasteiger partial charge in [-0.2, -0.15) is 0 Å². The first kappa shape index (κ1) is 20.5. The van der Waals surface area contributed by atoms with Crippen molar-refractivity contribution >= 4 is 45.3 Å². The number of hydrogen-bond donors (Lipinski definition) is 1. The Morgan fingerprint density at radius 3 is 2.97 bits per heavy atom. The fourth-order valence-electron chi connectivity index (χ4n) is 3.18. The van der Waals surface area contributed by atoms with Crippen molar-refractivity contribution in [3.05, 3.63) is 75.6 Å². The summed E-state index contributed by atoms with van der Waals surface area (Å²) in [6.07, 6.45) is 8.14. The number of aryl methyl sites for hydroxylation is 1. The summed E-state index contributed by atoms with van der Waals surface area (Å²) in [6, 6.07) is 9.68. The molecular weight excluding hydrogens is 420 g/mol. The van der Waals surface area contributed by atoms with Gasteiger partial charge in [-0.15, -0.1) is 11.3 Å². The van der Waals surface area contributed by atoms with Crippen LogP contribution in [0, 0.1) is 0 Å². The summed E-state index contributed by atoms with van der Waals surface area (Å²) in [6.45, 7) is 1.67. The van der Waals surface area contributed by atoms with Gasteiger partial charge in [-0.05, 0) is 29.5 Å². The first-order valence-electron chi connectivity index (χ1n) is 9.58. The van der Waals surface area contributed by atoms with Crippen LogP contribution in [0.4, 0.5) is 5.82 Å². The number of anilines is 1. The molecule has 1 aromatic carbocycles. The Labute approximate surface area is 183 Å². The molecule has 0 bridgehead atoms. The number of fused-ring (bicyclic) bond motifs is 1. The van der Waals surface area contributed by atoms with Crippen LogP contribution in [-0.2, 0) is 24.3 Å².